The lowest BCUT2D eigenvalue weighted by atomic mass is 9.88. The molecule has 2 aromatic rings. The Morgan fingerprint density at radius 3 is 2.71 bits per heavy atom. The van der Waals surface area contributed by atoms with Crippen molar-refractivity contribution in [1.29, 1.82) is 0 Å². The predicted octanol–water partition coefficient (Wildman–Crippen LogP) is 6.43. The average molecular weight is 474 g/mol. The molecule has 5 nitrogen and oxygen atoms in total. The van der Waals surface area contributed by atoms with Crippen molar-refractivity contribution in [3.63, 3.8) is 0 Å². The predicted molar refractivity (Wildman–Crippen MR) is 144 cm³/mol. The van der Waals surface area contributed by atoms with E-state index in [-0.39, 0.29) is 12.1 Å². The first-order valence-electron chi connectivity index (χ1n) is 12.8. The van der Waals surface area contributed by atoms with E-state index >= 15 is 0 Å². The summed E-state index contributed by atoms with van der Waals surface area (Å²) in [6.07, 6.45) is 8.47. The van der Waals surface area contributed by atoms with Crippen LogP contribution in [0.2, 0.25) is 0 Å². The molecule has 2 aliphatic rings. The van der Waals surface area contributed by atoms with Gasteiger partial charge in [0.1, 0.15) is 5.75 Å². The summed E-state index contributed by atoms with van der Waals surface area (Å²) in [5, 5.41) is 0. The number of ether oxygens (including phenoxy) is 1. The van der Waals surface area contributed by atoms with Crippen LogP contribution >= 0.6 is 0 Å². The van der Waals surface area contributed by atoms with Crippen LogP contribution in [0.25, 0.3) is 0 Å². The van der Waals surface area contributed by atoms with Gasteiger partial charge in [0.25, 0.3) is 0 Å². The molecule has 1 aliphatic heterocycles. The Morgan fingerprint density at radius 2 is 1.91 bits per heavy atom. The maximum absolute atomic E-state index is 12.8. The zero-order valence-electron chi connectivity index (χ0n) is 21.8. The van der Waals surface area contributed by atoms with Crippen LogP contribution in [0.3, 0.4) is 0 Å². The molecule has 1 heterocycles. The summed E-state index contributed by atoms with van der Waals surface area (Å²) < 4.78 is 5.70. The van der Waals surface area contributed by atoms with Crippen molar-refractivity contribution in [3.8, 4) is 5.75 Å². The molecule has 2 aromatic carbocycles. The van der Waals surface area contributed by atoms with Crippen molar-refractivity contribution in [1.82, 2.24) is 9.80 Å². The molecule has 4 rings (SSSR count). The number of aryl methyl sites for hydroxylation is 1. The molecule has 186 valence electrons. The van der Waals surface area contributed by atoms with Crippen LogP contribution in [0.1, 0.15) is 50.3 Å². The summed E-state index contributed by atoms with van der Waals surface area (Å²) in [4.78, 5) is 19.1. The van der Waals surface area contributed by atoms with Gasteiger partial charge in [-0.2, -0.15) is 0 Å². The Hall–Kier alpha value is -3.05. The summed E-state index contributed by atoms with van der Waals surface area (Å²) in [7, 11) is 5.91. The molecule has 0 saturated carbocycles. The summed E-state index contributed by atoms with van der Waals surface area (Å²) >= 11 is 0. The molecular weight excluding hydrogens is 434 g/mol. The Balaban J connectivity index is 1.40. The fraction of sp³-hybridized carbons (Fsp3) is 0.433. The number of anilines is 1. The Bertz CT molecular complexity index is 1100. The molecule has 0 aromatic heterocycles. The topological polar surface area (TPSA) is 36.0 Å². The van der Waals surface area contributed by atoms with Crippen molar-refractivity contribution < 1.29 is 9.53 Å². The van der Waals surface area contributed by atoms with E-state index in [1.54, 1.807) is 10.5 Å². The lowest BCUT2D eigenvalue weighted by molar-refractivity contribution is 0.162. The summed E-state index contributed by atoms with van der Waals surface area (Å²) in [6.45, 7) is 5.97. The highest BCUT2D eigenvalue weighted by atomic mass is 16.6. The van der Waals surface area contributed by atoms with Crippen LogP contribution in [0.4, 0.5) is 10.5 Å². The third-order valence-electron chi connectivity index (χ3n) is 7.43. The molecule has 0 N–H and O–H groups in total. The minimum absolute atomic E-state index is 0.249. The quantitative estimate of drug-likeness (QED) is 0.464. The van der Waals surface area contributed by atoms with Crippen LogP contribution in [-0.4, -0.2) is 50.1 Å². The first kappa shape index (κ1) is 25.1. The second-order valence-electron chi connectivity index (χ2n) is 10.1. The number of fused-ring (bicyclic) bond motifs is 1. The molecule has 0 fully saturated rings. The molecular formula is C30H39N3O2. The first-order chi connectivity index (χ1) is 16.8. The van der Waals surface area contributed by atoms with E-state index < -0.39 is 0 Å². The lowest BCUT2D eigenvalue weighted by Crippen LogP contribution is -2.33. The van der Waals surface area contributed by atoms with E-state index in [1.165, 1.54) is 16.9 Å². The van der Waals surface area contributed by atoms with E-state index in [1.807, 2.05) is 39.3 Å². The van der Waals surface area contributed by atoms with Crippen LogP contribution in [-0.2, 0) is 6.42 Å². The van der Waals surface area contributed by atoms with Crippen LogP contribution < -0.4 is 9.64 Å². The molecule has 0 bridgehead atoms. The number of carbonyl (C=O) groups is 1. The third kappa shape index (κ3) is 5.79. The number of nitrogens with zero attached hydrogens (tertiary/aromatic N) is 3. The highest BCUT2D eigenvalue weighted by molar-refractivity contribution is 5.70. The van der Waals surface area contributed by atoms with Gasteiger partial charge in [-0.15, -0.1) is 0 Å². The monoisotopic (exact) mass is 473 g/mol. The molecule has 1 amide bonds. The van der Waals surface area contributed by atoms with Gasteiger partial charge in [0, 0.05) is 37.6 Å². The number of amides is 1. The number of para-hydroxylation sites is 1. The van der Waals surface area contributed by atoms with E-state index in [4.69, 9.17) is 4.74 Å². The Kier molecular flexibility index (Phi) is 7.97. The van der Waals surface area contributed by atoms with Crippen molar-refractivity contribution >= 4 is 11.8 Å². The molecule has 2 atom stereocenters. The molecule has 5 heteroatoms. The number of benzene rings is 2. The van der Waals surface area contributed by atoms with Crippen molar-refractivity contribution in [2.45, 2.75) is 45.6 Å². The minimum atomic E-state index is -0.318. The third-order valence-corrected chi connectivity index (χ3v) is 7.43. The lowest BCUT2D eigenvalue weighted by Gasteiger charge is -2.31. The van der Waals surface area contributed by atoms with Gasteiger partial charge in [0.15, 0.2) is 0 Å². The number of allylic oxidation sites excluding steroid dienone is 3. The Labute approximate surface area is 210 Å². The number of hydrogen-bond donors (Lipinski definition) is 0. The maximum atomic E-state index is 12.8. The molecule has 35 heavy (non-hydrogen) atoms. The summed E-state index contributed by atoms with van der Waals surface area (Å²) in [5.74, 6) is 1.17. The molecule has 1 aliphatic carbocycles. The summed E-state index contributed by atoms with van der Waals surface area (Å²) in [6, 6.07) is 16.8. The summed E-state index contributed by atoms with van der Waals surface area (Å²) in [5.41, 5.74) is 6.74. The van der Waals surface area contributed by atoms with Crippen LogP contribution in [0.15, 0.2) is 72.0 Å². The zero-order chi connectivity index (χ0) is 24.9. The zero-order valence-corrected chi connectivity index (χ0v) is 21.8. The van der Waals surface area contributed by atoms with E-state index in [9.17, 15) is 4.79 Å². The van der Waals surface area contributed by atoms with Crippen molar-refractivity contribution in [2.24, 2.45) is 5.92 Å². The number of hydrogen-bond acceptors (Lipinski definition) is 4. The second kappa shape index (κ2) is 11.1. The smallest absolute Gasteiger partial charge is 0.410 e. The average Bonchev–Trinajstić information content (AvgIpc) is 3.01. The molecule has 0 radical (unpaired) electrons. The van der Waals surface area contributed by atoms with Crippen molar-refractivity contribution in [2.75, 3.05) is 39.1 Å². The normalized spacial score (nSPS) is 18.1. The largest absolute Gasteiger partial charge is 0.414 e. The maximum Gasteiger partial charge on any atom is 0.414 e. The molecule has 1 unspecified atom stereocenters. The van der Waals surface area contributed by atoms with Gasteiger partial charge in [0.05, 0.1) is 0 Å². The van der Waals surface area contributed by atoms with E-state index in [0.29, 0.717) is 18.2 Å². The SMILES string of the molecule is CC1CC=CC2=C1CCc1ccccc1N2CCCN(C)C(=O)Oc1cccc([C@H](C)N(C)C)c1. The first-order valence-corrected chi connectivity index (χ1v) is 12.8. The van der Waals surface area contributed by atoms with E-state index in [0.717, 1.165) is 37.8 Å². The minimum Gasteiger partial charge on any atom is -0.410 e. The van der Waals surface area contributed by atoms with Gasteiger partial charge < -0.3 is 19.4 Å². The van der Waals surface area contributed by atoms with Gasteiger partial charge in [-0.25, -0.2) is 4.79 Å². The Morgan fingerprint density at radius 1 is 1.11 bits per heavy atom. The van der Waals surface area contributed by atoms with Gasteiger partial charge in [-0.3, -0.25) is 0 Å². The molecule has 0 saturated heterocycles. The fourth-order valence-corrected chi connectivity index (χ4v) is 5.02. The van der Waals surface area contributed by atoms with Gasteiger partial charge in [-0.05, 0) is 93.6 Å². The van der Waals surface area contributed by atoms with Crippen LogP contribution in [0.5, 0.6) is 5.75 Å². The highest BCUT2D eigenvalue weighted by Gasteiger charge is 2.26. The highest BCUT2D eigenvalue weighted by Crippen LogP contribution is 2.38. The second-order valence-corrected chi connectivity index (χ2v) is 10.1. The van der Waals surface area contributed by atoms with Gasteiger partial charge in [-0.1, -0.05) is 43.3 Å². The fourth-order valence-electron chi connectivity index (χ4n) is 5.02. The standard InChI is InChI=1S/C30H39N3O2/c1-22-11-8-16-29-27(22)18-17-24-12-6-7-15-28(24)33(29)20-10-19-32(5)30(34)35-26-14-9-13-25(21-26)23(2)31(3)4/h6-9,12-16,21-23H,10-11,17-20H2,1-5H3/t22?,23-/m0/s1. The number of rotatable bonds is 7. The van der Waals surface area contributed by atoms with Gasteiger partial charge in [0.2, 0.25) is 0 Å². The number of carbonyl (C=O) groups excluding carboxylic acids is 1. The van der Waals surface area contributed by atoms with Crippen LogP contribution in [0, 0.1) is 5.92 Å². The van der Waals surface area contributed by atoms with Crippen molar-refractivity contribution in [3.05, 3.63) is 83.1 Å². The van der Waals surface area contributed by atoms with Gasteiger partial charge >= 0.3 is 6.09 Å². The van der Waals surface area contributed by atoms with E-state index in [2.05, 4.69) is 66.1 Å². The molecule has 0 spiro atoms.